The van der Waals surface area contributed by atoms with Gasteiger partial charge in [0.05, 0.1) is 0 Å². The maximum absolute atomic E-state index is 11.6. The van der Waals surface area contributed by atoms with E-state index in [1.807, 2.05) is 0 Å². The molecule has 0 bridgehead atoms. The number of alkyl halides is 1. The van der Waals surface area contributed by atoms with Crippen molar-refractivity contribution in [3.8, 4) is 0 Å². The van der Waals surface area contributed by atoms with Crippen molar-refractivity contribution in [1.82, 2.24) is 0 Å². The van der Waals surface area contributed by atoms with E-state index in [1.165, 1.54) is 51.4 Å². The maximum Gasteiger partial charge on any atom is 0.302 e. The van der Waals surface area contributed by atoms with Crippen LogP contribution >= 0.6 is 22.6 Å². The van der Waals surface area contributed by atoms with Gasteiger partial charge in [0.1, 0.15) is 6.10 Å². The van der Waals surface area contributed by atoms with Crippen LogP contribution in [0.1, 0.15) is 78.6 Å². The average Bonchev–Trinajstić information content (AvgIpc) is 2.90. The van der Waals surface area contributed by atoms with Gasteiger partial charge in [0.15, 0.2) is 0 Å². The molecule has 0 aromatic rings. The molecule has 3 heteroatoms. The van der Waals surface area contributed by atoms with Gasteiger partial charge >= 0.3 is 5.97 Å². The Hall–Kier alpha value is 0.200. The van der Waals surface area contributed by atoms with Crippen LogP contribution in [0.2, 0.25) is 0 Å². The zero-order valence-electron chi connectivity index (χ0n) is 15.5. The summed E-state index contributed by atoms with van der Waals surface area (Å²) < 4.78 is 6.26. The van der Waals surface area contributed by atoms with Crippen molar-refractivity contribution >= 4 is 28.6 Å². The Balaban J connectivity index is 1.59. The van der Waals surface area contributed by atoms with Crippen molar-refractivity contribution in [1.29, 1.82) is 0 Å². The first-order chi connectivity index (χ1) is 11.3. The van der Waals surface area contributed by atoms with Crippen LogP contribution in [0.5, 0.6) is 0 Å². The summed E-state index contributed by atoms with van der Waals surface area (Å²) in [4.78, 5) is 11.6. The number of hydrogen-bond donors (Lipinski definition) is 0. The second kappa shape index (κ2) is 6.13. The molecule has 8 atom stereocenters. The Morgan fingerprint density at radius 1 is 1.08 bits per heavy atom. The Morgan fingerprint density at radius 3 is 2.62 bits per heavy atom. The van der Waals surface area contributed by atoms with E-state index < -0.39 is 0 Å². The number of ether oxygens (including phenoxy) is 1. The molecular formula is C21H33IO2. The number of halogens is 1. The first-order valence-electron chi connectivity index (χ1n) is 10.1. The van der Waals surface area contributed by atoms with Gasteiger partial charge in [-0.25, -0.2) is 0 Å². The van der Waals surface area contributed by atoms with Gasteiger partial charge in [-0.2, -0.15) is 0 Å². The van der Waals surface area contributed by atoms with Crippen molar-refractivity contribution in [3.05, 3.63) is 0 Å². The molecule has 0 radical (unpaired) electrons. The van der Waals surface area contributed by atoms with Crippen LogP contribution in [0.4, 0.5) is 0 Å². The summed E-state index contributed by atoms with van der Waals surface area (Å²) in [6.45, 7) is 6.72. The van der Waals surface area contributed by atoms with Crippen LogP contribution in [-0.4, -0.2) is 16.0 Å². The smallest absolute Gasteiger partial charge is 0.302 e. The predicted octanol–water partition coefficient (Wildman–Crippen LogP) is 5.76. The third kappa shape index (κ3) is 2.66. The second-order valence-electron chi connectivity index (χ2n) is 9.85. The van der Waals surface area contributed by atoms with Gasteiger partial charge in [0.2, 0.25) is 0 Å². The van der Waals surface area contributed by atoms with Crippen LogP contribution in [0.3, 0.4) is 0 Å². The van der Waals surface area contributed by atoms with E-state index in [-0.39, 0.29) is 12.1 Å². The molecule has 4 aliphatic carbocycles. The first-order valence-corrected chi connectivity index (χ1v) is 11.4. The highest BCUT2D eigenvalue weighted by Crippen LogP contribution is 2.66. The molecule has 0 N–H and O–H groups in total. The molecule has 4 aliphatic rings. The molecule has 0 aromatic carbocycles. The number of esters is 1. The van der Waals surface area contributed by atoms with E-state index in [0.717, 1.165) is 30.1 Å². The molecule has 0 unspecified atom stereocenters. The third-order valence-corrected chi connectivity index (χ3v) is 10.0. The molecule has 136 valence electrons. The summed E-state index contributed by atoms with van der Waals surface area (Å²) in [5.41, 5.74) is 1.04. The molecule has 0 aliphatic heterocycles. The summed E-state index contributed by atoms with van der Waals surface area (Å²) in [5.74, 6) is 3.53. The molecule has 0 spiro atoms. The van der Waals surface area contributed by atoms with Crippen LogP contribution < -0.4 is 0 Å². The number of rotatable bonds is 1. The lowest BCUT2D eigenvalue weighted by atomic mass is 9.45. The largest absolute Gasteiger partial charge is 0.461 e. The Morgan fingerprint density at radius 2 is 1.88 bits per heavy atom. The predicted molar refractivity (Wildman–Crippen MR) is 105 cm³/mol. The van der Waals surface area contributed by atoms with E-state index in [2.05, 4.69) is 36.4 Å². The van der Waals surface area contributed by atoms with Gasteiger partial charge in [0.25, 0.3) is 0 Å². The number of hydrogen-bond acceptors (Lipinski definition) is 2. The summed E-state index contributed by atoms with van der Waals surface area (Å²) in [6.07, 6.45) is 12.6. The zero-order valence-corrected chi connectivity index (χ0v) is 17.7. The van der Waals surface area contributed by atoms with Crippen molar-refractivity contribution in [2.75, 3.05) is 0 Å². The van der Waals surface area contributed by atoms with Crippen LogP contribution in [0.15, 0.2) is 0 Å². The van der Waals surface area contributed by atoms with E-state index >= 15 is 0 Å². The van der Waals surface area contributed by atoms with E-state index in [9.17, 15) is 4.79 Å². The highest BCUT2D eigenvalue weighted by Gasteiger charge is 2.59. The molecule has 24 heavy (non-hydrogen) atoms. The lowest BCUT2D eigenvalue weighted by Gasteiger charge is -2.61. The van der Waals surface area contributed by atoms with Gasteiger partial charge < -0.3 is 4.74 Å². The molecule has 0 heterocycles. The summed E-state index contributed by atoms with van der Waals surface area (Å²) >= 11 is 2.55. The highest BCUT2D eigenvalue weighted by molar-refractivity contribution is 14.1. The summed E-state index contributed by atoms with van der Waals surface area (Å²) in [6, 6.07) is 0. The number of carbonyl (C=O) groups excluding carboxylic acids is 1. The Labute approximate surface area is 161 Å². The van der Waals surface area contributed by atoms with Gasteiger partial charge in [-0.05, 0) is 85.9 Å². The Bertz CT molecular complexity index is 520. The summed E-state index contributed by atoms with van der Waals surface area (Å²) in [7, 11) is 0. The minimum atomic E-state index is -0.0944. The van der Waals surface area contributed by atoms with E-state index in [4.69, 9.17) is 4.74 Å². The molecular weight excluding hydrogens is 411 g/mol. The normalized spacial score (nSPS) is 53.7. The topological polar surface area (TPSA) is 26.3 Å². The SMILES string of the molecule is CC(=O)O[C@@H]1C[C@@]2(C)[C@@H](CC[C@H]3[C@@H]4CCC[C@@]4(C)CC[C@@H]32)C[C@H]1I. The third-order valence-electron chi connectivity index (χ3n) is 8.72. The van der Waals surface area contributed by atoms with Crippen molar-refractivity contribution < 1.29 is 9.53 Å². The summed E-state index contributed by atoms with van der Waals surface area (Å²) in [5, 5.41) is 0. The lowest BCUT2D eigenvalue weighted by Crippen LogP contribution is -2.55. The fourth-order valence-electron chi connectivity index (χ4n) is 7.55. The van der Waals surface area contributed by atoms with Gasteiger partial charge in [-0.3, -0.25) is 4.79 Å². The molecule has 4 rings (SSSR count). The molecule has 0 amide bonds. The minimum Gasteiger partial charge on any atom is -0.461 e. The minimum absolute atomic E-state index is 0.0944. The van der Waals surface area contributed by atoms with Crippen molar-refractivity contribution in [2.24, 2.45) is 34.5 Å². The molecule has 0 aromatic heterocycles. The quantitative estimate of drug-likeness (QED) is 0.292. The van der Waals surface area contributed by atoms with E-state index in [1.54, 1.807) is 6.92 Å². The lowest BCUT2D eigenvalue weighted by molar-refractivity contribution is -0.159. The molecule has 2 nitrogen and oxygen atoms in total. The molecule has 4 fully saturated rings. The highest BCUT2D eigenvalue weighted by atomic mass is 127. The molecule has 0 saturated heterocycles. The number of carbonyl (C=O) groups is 1. The average molecular weight is 444 g/mol. The maximum atomic E-state index is 11.6. The van der Waals surface area contributed by atoms with Crippen molar-refractivity contribution in [3.63, 3.8) is 0 Å². The second-order valence-corrected chi connectivity index (χ2v) is 11.4. The standard InChI is InChI=1S/C21H33IO2/c1-13(23)24-19-12-21(3)14(11-18(19)22)6-7-15-16-5-4-9-20(16,2)10-8-17(15)21/h14-19H,4-12H2,1-3H3/t14-,15-,16-,17-,18+,19+,20-,21-/m0/s1. The monoisotopic (exact) mass is 444 g/mol. The molecule has 4 saturated carbocycles. The number of fused-ring (bicyclic) bond motifs is 5. The van der Waals surface area contributed by atoms with Gasteiger partial charge in [0, 0.05) is 10.8 Å². The van der Waals surface area contributed by atoms with Crippen LogP contribution in [0.25, 0.3) is 0 Å². The fourth-order valence-corrected chi connectivity index (χ4v) is 8.56. The van der Waals surface area contributed by atoms with Crippen LogP contribution in [0, 0.1) is 34.5 Å². The van der Waals surface area contributed by atoms with E-state index in [0.29, 0.717) is 14.8 Å². The van der Waals surface area contributed by atoms with Gasteiger partial charge in [-0.15, -0.1) is 0 Å². The van der Waals surface area contributed by atoms with Gasteiger partial charge in [-0.1, -0.05) is 42.9 Å². The van der Waals surface area contributed by atoms with Crippen molar-refractivity contribution in [2.45, 2.75) is 88.6 Å². The zero-order chi connectivity index (χ0) is 17.1. The fraction of sp³-hybridized carbons (Fsp3) is 0.952. The van der Waals surface area contributed by atoms with Crippen LogP contribution in [-0.2, 0) is 9.53 Å². The Kier molecular flexibility index (Phi) is 4.49. The first kappa shape index (κ1) is 17.6.